The van der Waals surface area contributed by atoms with Crippen LogP contribution >= 0.6 is 11.6 Å². The highest BCUT2D eigenvalue weighted by Gasteiger charge is 2.28. The maximum absolute atomic E-state index is 14.1. The van der Waals surface area contributed by atoms with Gasteiger partial charge in [-0.25, -0.2) is 14.4 Å². The van der Waals surface area contributed by atoms with Gasteiger partial charge in [-0.3, -0.25) is 4.90 Å². The number of hydrogen-bond donors (Lipinski definition) is 0. The number of piperazine rings is 1. The van der Waals surface area contributed by atoms with Gasteiger partial charge in [-0.15, -0.1) is 0 Å². The van der Waals surface area contributed by atoms with Crippen molar-refractivity contribution >= 4 is 34.4 Å². The molecule has 41 heavy (non-hydrogen) atoms. The van der Waals surface area contributed by atoms with Gasteiger partial charge in [-0.2, -0.15) is 4.98 Å². The van der Waals surface area contributed by atoms with Crippen molar-refractivity contribution in [3.05, 3.63) is 76.5 Å². The summed E-state index contributed by atoms with van der Waals surface area (Å²) >= 11 is 5.83. The Hall–Kier alpha value is -3.80. The Balaban J connectivity index is 1.14. The molecule has 0 amide bonds. The summed E-state index contributed by atoms with van der Waals surface area (Å²) in [5.41, 5.74) is 2.03. The number of carboxylic acids is 1. The third-order valence-electron chi connectivity index (χ3n) is 7.67. The minimum Gasteiger partial charge on any atom is -0.545 e. The molecule has 2 fully saturated rings. The van der Waals surface area contributed by atoms with Gasteiger partial charge < -0.3 is 28.8 Å². The van der Waals surface area contributed by atoms with Crippen molar-refractivity contribution in [2.24, 2.45) is 0 Å². The smallest absolute Gasteiger partial charge is 0.318 e. The topological polar surface area (TPSA) is 109 Å². The summed E-state index contributed by atoms with van der Waals surface area (Å²) in [5.74, 6) is -0.0337. The van der Waals surface area contributed by atoms with Crippen molar-refractivity contribution in [1.82, 2.24) is 24.4 Å². The highest BCUT2D eigenvalue weighted by molar-refractivity contribution is 6.30. The second kappa shape index (κ2) is 11.6. The van der Waals surface area contributed by atoms with E-state index in [-0.39, 0.29) is 30.3 Å². The van der Waals surface area contributed by atoms with Crippen LogP contribution in [0.15, 0.2) is 48.7 Å². The Labute approximate surface area is 241 Å². The van der Waals surface area contributed by atoms with Crippen LogP contribution in [0.4, 0.5) is 10.2 Å². The summed E-state index contributed by atoms with van der Waals surface area (Å²) in [6, 6.07) is 11.5. The van der Waals surface area contributed by atoms with Crippen LogP contribution in [0.1, 0.15) is 35.1 Å². The SMILES string of the molecule is C[C@@H]1CN(c2ccnc(OCc3ccc(Cl)cc3F)n2)CCN1Cc1nc2ccc(C(=O)[O-])cc2n1C[C@@H]1CCO1. The Morgan fingerprint density at radius 1 is 1.20 bits per heavy atom. The Morgan fingerprint density at radius 2 is 2.05 bits per heavy atom. The normalized spacial score (nSPS) is 19.3. The van der Waals surface area contributed by atoms with Crippen molar-refractivity contribution in [2.45, 2.75) is 45.2 Å². The molecule has 0 spiro atoms. The maximum atomic E-state index is 14.1. The van der Waals surface area contributed by atoms with E-state index in [1.165, 1.54) is 12.1 Å². The van der Waals surface area contributed by atoms with Gasteiger partial charge in [0.05, 0.1) is 36.2 Å². The lowest BCUT2D eigenvalue weighted by atomic mass is 10.1. The summed E-state index contributed by atoms with van der Waals surface area (Å²) in [4.78, 5) is 29.6. The van der Waals surface area contributed by atoms with E-state index >= 15 is 0 Å². The largest absolute Gasteiger partial charge is 0.545 e. The molecule has 4 heterocycles. The van der Waals surface area contributed by atoms with E-state index in [4.69, 9.17) is 26.1 Å². The zero-order valence-corrected chi connectivity index (χ0v) is 23.3. The third kappa shape index (κ3) is 5.97. The lowest BCUT2D eigenvalue weighted by molar-refractivity contribution is -0.255. The zero-order chi connectivity index (χ0) is 28.5. The second-order valence-electron chi connectivity index (χ2n) is 10.4. The molecule has 0 N–H and O–H groups in total. The molecule has 2 saturated heterocycles. The number of carboxylic acid groups (broad SMARTS) is 1. The molecule has 2 atom stereocenters. The molecular formula is C29H29ClFN6O4-. The molecule has 0 saturated carbocycles. The fourth-order valence-corrected chi connectivity index (χ4v) is 5.39. The van der Waals surface area contributed by atoms with E-state index in [0.29, 0.717) is 23.7 Å². The molecule has 0 bridgehead atoms. The van der Waals surface area contributed by atoms with E-state index in [0.717, 1.165) is 55.3 Å². The molecule has 0 aliphatic carbocycles. The lowest BCUT2D eigenvalue weighted by Gasteiger charge is -2.40. The fraction of sp³-hybridized carbons (Fsp3) is 0.379. The Kier molecular flexibility index (Phi) is 7.74. The van der Waals surface area contributed by atoms with E-state index in [2.05, 4.69) is 31.3 Å². The number of imidazole rings is 1. The number of aromatic nitrogens is 4. The summed E-state index contributed by atoms with van der Waals surface area (Å²) in [5, 5.41) is 11.8. The van der Waals surface area contributed by atoms with Crippen molar-refractivity contribution in [3.8, 4) is 6.01 Å². The Bertz CT molecular complexity index is 1580. The molecule has 0 unspecified atom stereocenters. The number of nitrogens with zero attached hydrogens (tertiary/aromatic N) is 6. The van der Waals surface area contributed by atoms with Gasteiger partial charge >= 0.3 is 6.01 Å². The van der Waals surface area contributed by atoms with Crippen LogP contribution in [0.5, 0.6) is 6.01 Å². The van der Waals surface area contributed by atoms with Gasteiger partial charge in [0, 0.05) is 49.1 Å². The predicted molar refractivity (Wildman–Crippen MR) is 148 cm³/mol. The number of anilines is 1. The first kappa shape index (κ1) is 27.4. The van der Waals surface area contributed by atoms with Crippen molar-refractivity contribution in [3.63, 3.8) is 0 Å². The van der Waals surface area contributed by atoms with E-state index in [1.54, 1.807) is 30.5 Å². The van der Waals surface area contributed by atoms with Crippen molar-refractivity contribution in [1.29, 1.82) is 0 Å². The van der Waals surface area contributed by atoms with E-state index in [9.17, 15) is 14.3 Å². The van der Waals surface area contributed by atoms with Crippen LogP contribution in [-0.2, 0) is 24.4 Å². The quantitative estimate of drug-likeness (QED) is 0.295. The van der Waals surface area contributed by atoms with Crippen LogP contribution in [0.2, 0.25) is 5.02 Å². The average Bonchev–Trinajstić information content (AvgIpc) is 3.27. The van der Waals surface area contributed by atoms with Gasteiger partial charge in [-0.1, -0.05) is 23.7 Å². The standard InChI is InChI=1S/C29H30ClFN6O4/c1-18-14-36(26-6-8-32-29(34-26)41-17-20-2-4-21(30)13-23(20)31)10-9-35(18)16-27-33-24-5-3-19(28(38)39)12-25(24)37(27)15-22-7-11-40-22/h2-6,8,12-13,18,22H,7,9-11,14-17H2,1H3,(H,38,39)/p-1/t18-,22+/m1/s1. The zero-order valence-electron chi connectivity index (χ0n) is 22.5. The molecule has 214 valence electrons. The molecule has 6 rings (SSSR count). The highest BCUT2D eigenvalue weighted by atomic mass is 35.5. The Morgan fingerprint density at radius 3 is 2.78 bits per heavy atom. The molecule has 4 aromatic rings. The minimum absolute atomic E-state index is 0.00595. The summed E-state index contributed by atoms with van der Waals surface area (Å²) in [6.07, 6.45) is 2.70. The molecule has 10 nitrogen and oxygen atoms in total. The third-order valence-corrected chi connectivity index (χ3v) is 7.90. The van der Waals surface area contributed by atoms with Gasteiger partial charge in [-0.05, 0) is 49.2 Å². The second-order valence-corrected chi connectivity index (χ2v) is 10.8. The molecular weight excluding hydrogens is 551 g/mol. The number of rotatable bonds is 9. The van der Waals surface area contributed by atoms with Crippen LogP contribution in [0, 0.1) is 5.82 Å². The molecule has 2 aromatic carbocycles. The van der Waals surface area contributed by atoms with Gasteiger partial charge in [0.25, 0.3) is 0 Å². The van der Waals surface area contributed by atoms with Gasteiger partial charge in [0.15, 0.2) is 0 Å². The molecule has 12 heteroatoms. The van der Waals surface area contributed by atoms with Crippen LogP contribution in [0.25, 0.3) is 11.0 Å². The number of ether oxygens (including phenoxy) is 2. The van der Waals surface area contributed by atoms with E-state index in [1.807, 2.05) is 6.07 Å². The number of carbonyl (C=O) groups is 1. The minimum atomic E-state index is -1.21. The monoisotopic (exact) mass is 579 g/mol. The molecule has 2 aliphatic rings. The van der Waals surface area contributed by atoms with Crippen molar-refractivity contribution in [2.75, 3.05) is 31.1 Å². The predicted octanol–water partition coefficient (Wildman–Crippen LogP) is 3.06. The molecule has 2 aliphatic heterocycles. The number of fused-ring (bicyclic) bond motifs is 1. The summed E-state index contributed by atoms with van der Waals surface area (Å²) < 4.78 is 27.6. The number of benzene rings is 2. The average molecular weight is 580 g/mol. The van der Waals surface area contributed by atoms with Gasteiger partial charge in [0.1, 0.15) is 24.1 Å². The summed E-state index contributed by atoms with van der Waals surface area (Å²) in [7, 11) is 0. The van der Waals surface area contributed by atoms with Crippen LogP contribution in [-0.4, -0.2) is 68.8 Å². The summed E-state index contributed by atoms with van der Waals surface area (Å²) in [6.45, 7) is 6.35. The molecule has 2 aromatic heterocycles. The highest BCUT2D eigenvalue weighted by Crippen LogP contribution is 2.25. The van der Waals surface area contributed by atoms with E-state index < -0.39 is 11.8 Å². The first-order chi connectivity index (χ1) is 19.8. The lowest BCUT2D eigenvalue weighted by Crippen LogP contribution is -2.52. The molecule has 0 radical (unpaired) electrons. The number of halogens is 2. The van der Waals surface area contributed by atoms with Gasteiger partial charge in [0.2, 0.25) is 0 Å². The van der Waals surface area contributed by atoms with Crippen LogP contribution < -0.4 is 14.7 Å². The fourth-order valence-electron chi connectivity index (χ4n) is 5.23. The number of aromatic carboxylic acids is 1. The first-order valence-corrected chi connectivity index (χ1v) is 13.9. The van der Waals surface area contributed by atoms with Crippen LogP contribution in [0.3, 0.4) is 0 Å². The number of carbonyl (C=O) groups excluding carboxylic acids is 1. The first-order valence-electron chi connectivity index (χ1n) is 13.5. The van der Waals surface area contributed by atoms with Crippen molar-refractivity contribution < 1.29 is 23.8 Å². The maximum Gasteiger partial charge on any atom is 0.318 e. The number of hydrogen-bond acceptors (Lipinski definition) is 9.